The molecule has 10 nitrogen and oxygen atoms in total. The number of para-hydroxylation sites is 1. The van der Waals surface area contributed by atoms with Gasteiger partial charge < -0.3 is 31.1 Å². The highest BCUT2D eigenvalue weighted by atomic mass is 35.5. The van der Waals surface area contributed by atoms with E-state index in [0.29, 0.717) is 22.7 Å². The van der Waals surface area contributed by atoms with Crippen LogP contribution in [0.1, 0.15) is 89.8 Å². The van der Waals surface area contributed by atoms with Crippen LogP contribution < -0.4 is 16.4 Å². The van der Waals surface area contributed by atoms with E-state index in [-0.39, 0.29) is 25.1 Å². The number of alkyl carbamates (subject to hydrolysis) is 1. The highest BCUT2D eigenvalue weighted by molar-refractivity contribution is 6.34. The number of rotatable bonds is 15. The lowest BCUT2D eigenvalue weighted by molar-refractivity contribution is -0.141. The molecule has 0 saturated carbocycles. The van der Waals surface area contributed by atoms with Crippen molar-refractivity contribution in [3.05, 3.63) is 58.6 Å². The number of hydrogen-bond acceptors (Lipinski definition) is 6. The Balaban J connectivity index is 2.58. The van der Waals surface area contributed by atoms with Crippen LogP contribution in [0.2, 0.25) is 5.02 Å². The van der Waals surface area contributed by atoms with Crippen LogP contribution in [-0.2, 0) is 19.1 Å². The molecule has 0 bridgehead atoms. The molecule has 5 N–H and O–H groups in total. The molecule has 0 radical (unpaired) electrons. The normalized spacial score (nSPS) is 12.6. The van der Waals surface area contributed by atoms with E-state index in [9.17, 15) is 24.3 Å². The van der Waals surface area contributed by atoms with Crippen LogP contribution in [0.15, 0.2) is 42.5 Å². The minimum absolute atomic E-state index is 0.0864. The second-order valence-electron chi connectivity index (χ2n) is 11.6. The minimum Gasteiger partial charge on any atom is -0.508 e. The van der Waals surface area contributed by atoms with E-state index < -0.39 is 41.5 Å². The topological polar surface area (TPSA) is 151 Å². The first kappa shape index (κ1) is 35.4. The quantitative estimate of drug-likeness (QED) is 0.180. The summed E-state index contributed by atoms with van der Waals surface area (Å²) in [5.74, 6) is -1.89. The second kappa shape index (κ2) is 16.7. The summed E-state index contributed by atoms with van der Waals surface area (Å²) in [4.78, 5) is 54.2. The van der Waals surface area contributed by atoms with Crippen molar-refractivity contribution in [1.82, 2.24) is 10.2 Å². The molecule has 11 heteroatoms. The van der Waals surface area contributed by atoms with Gasteiger partial charge in [-0.05, 0) is 69.9 Å². The number of carbonyl (C=O) groups excluding carboxylic acids is 4. The van der Waals surface area contributed by atoms with Crippen LogP contribution in [-0.4, -0.2) is 52.0 Å². The molecule has 2 unspecified atom stereocenters. The molecule has 2 rings (SSSR count). The Morgan fingerprint density at radius 2 is 1.72 bits per heavy atom. The Hall–Kier alpha value is -3.79. The highest BCUT2D eigenvalue weighted by Gasteiger charge is 2.36. The summed E-state index contributed by atoms with van der Waals surface area (Å²) in [6.07, 6.45) is 3.26. The average Bonchev–Trinajstić information content (AvgIpc) is 2.90. The lowest BCUT2D eigenvalue weighted by Gasteiger charge is -2.35. The van der Waals surface area contributed by atoms with E-state index in [1.807, 2.05) is 0 Å². The summed E-state index contributed by atoms with van der Waals surface area (Å²) >= 11 is 6.41. The third-order valence-electron chi connectivity index (χ3n) is 6.67. The van der Waals surface area contributed by atoms with Gasteiger partial charge in [0.15, 0.2) is 0 Å². The number of nitrogens with zero attached hydrogens (tertiary/aromatic N) is 1. The fourth-order valence-corrected chi connectivity index (χ4v) is 4.86. The zero-order valence-corrected chi connectivity index (χ0v) is 26.5. The zero-order valence-electron chi connectivity index (χ0n) is 25.7. The van der Waals surface area contributed by atoms with Crippen LogP contribution in [0, 0.1) is 6.92 Å². The summed E-state index contributed by atoms with van der Waals surface area (Å²) in [7, 11) is 0. The molecule has 0 saturated heterocycles. The first-order chi connectivity index (χ1) is 20.2. The summed E-state index contributed by atoms with van der Waals surface area (Å²) < 4.78 is 5.38. The Labute approximate surface area is 259 Å². The molecule has 2 aromatic rings. The van der Waals surface area contributed by atoms with E-state index in [1.54, 1.807) is 58.0 Å². The van der Waals surface area contributed by atoms with Gasteiger partial charge in [-0.2, -0.15) is 0 Å². The molecular weight excluding hydrogens is 572 g/mol. The molecular formula is C32H45ClN4O6. The molecule has 0 fully saturated rings. The number of nitrogens with one attached hydrogen (secondary N) is 2. The van der Waals surface area contributed by atoms with Gasteiger partial charge in [0.25, 0.3) is 5.91 Å². The van der Waals surface area contributed by atoms with Crippen molar-refractivity contribution in [3.63, 3.8) is 0 Å². The first-order valence-corrected chi connectivity index (χ1v) is 15.0. The van der Waals surface area contributed by atoms with Crippen LogP contribution in [0.5, 0.6) is 5.75 Å². The zero-order chi connectivity index (χ0) is 32.2. The molecule has 43 heavy (non-hydrogen) atoms. The van der Waals surface area contributed by atoms with Gasteiger partial charge in [-0.15, -0.1) is 0 Å². The number of phenolic OH excluding ortho intramolecular Hbond substituents is 1. The van der Waals surface area contributed by atoms with Gasteiger partial charge in [0.1, 0.15) is 23.4 Å². The fraction of sp³-hybridized carbons (Fsp3) is 0.500. The number of phenols is 1. The maximum atomic E-state index is 14.3. The number of unbranched alkanes of at least 4 members (excludes halogenated alkanes) is 4. The molecule has 4 amide bonds. The van der Waals surface area contributed by atoms with Crippen LogP contribution in [0.25, 0.3) is 0 Å². The smallest absolute Gasteiger partial charge is 0.408 e. The third-order valence-corrected chi connectivity index (χ3v) is 6.99. The minimum atomic E-state index is -1.22. The predicted octanol–water partition coefficient (Wildman–Crippen LogP) is 5.99. The third kappa shape index (κ3) is 11.8. The van der Waals surface area contributed by atoms with Crippen molar-refractivity contribution in [3.8, 4) is 5.75 Å². The summed E-state index contributed by atoms with van der Waals surface area (Å²) in [5, 5.41) is 16.1. The Morgan fingerprint density at radius 3 is 2.33 bits per heavy atom. The number of hydrogen-bond donors (Lipinski definition) is 4. The standard InChI is InChI=1S/C32H45ClN4O6/c1-6-7-8-9-10-19-37(30(41)25(17-18-26(34)39)35-31(42)43-32(3,4)5)28(22-14-12-15-23(38)20-22)29(40)36-27-21(2)13-11-16-24(27)33/h11-16,20,25,28,38H,6-10,17-19H2,1-5H3,(H2,34,39)(H,35,42)(H,36,40). The van der Waals surface area contributed by atoms with Crippen LogP contribution >= 0.6 is 11.6 Å². The van der Waals surface area contributed by atoms with Crippen molar-refractivity contribution in [1.29, 1.82) is 0 Å². The number of ether oxygens (including phenoxy) is 1. The van der Waals surface area contributed by atoms with E-state index in [1.165, 1.54) is 17.0 Å². The molecule has 2 atom stereocenters. The van der Waals surface area contributed by atoms with E-state index in [4.69, 9.17) is 22.1 Å². The van der Waals surface area contributed by atoms with Crippen molar-refractivity contribution >= 4 is 41.1 Å². The van der Waals surface area contributed by atoms with Crippen LogP contribution in [0.3, 0.4) is 0 Å². The van der Waals surface area contributed by atoms with E-state index >= 15 is 0 Å². The fourth-order valence-electron chi connectivity index (χ4n) is 4.60. The van der Waals surface area contributed by atoms with Gasteiger partial charge in [-0.25, -0.2) is 4.79 Å². The lowest BCUT2D eigenvalue weighted by atomic mass is 10.00. The number of aryl methyl sites for hydroxylation is 1. The molecule has 0 spiro atoms. The molecule has 0 aliphatic carbocycles. The van der Waals surface area contributed by atoms with Gasteiger partial charge >= 0.3 is 6.09 Å². The number of halogens is 1. The van der Waals surface area contributed by atoms with Crippen LogP contribution in [0.4, 0.5) is 10.5 Å². The number of aromatic hydroxyl groups is 1. The second-order valence-corrected chi connectivity index (χ2v) is 12.0. The Morgan fingerprint density at radius 1 is 1.05 bits per heavy atom. The predicted molar refractivity (Wildman–Crippen MR) is 168 cm³/mol. The molecule has 0 aromatic heterocycles. The van der Waals surface area contributed by atoms with Gasteiger partial charge in [0.05, 0.1) is 10.7 Å². The van der Waals surface area contributed by atoms with E-state index in [2.05, 4.69) is 17.6 Å². The van der Waals surface area contributed by atoms with Gasteiger partial charge in [-0.3, -0.25) is 14.4 Å². The number of amides is 4. The largest absolute Gasteiger partial charge is 0.508 e. The molecule has 0 aliphatic heterocycles. The van der Waals surface area contributed by atoms with Gasteiger partial charge in [-0.1, -0.05) is 68.5 Å². The molecule has 236 valence electrons. The highest BCUT2D eigenvalue weighted by Crippen LogP contribution is 2.31. The summed E-state index contributed by atoms with van der Waals surface area (Å²) in [6.45, 7) is 9.13. The Bertz CT molecular complexity index is 1240. The van der Waals surface area contributed by atoms with Crippen molar-refractivity contribution < 1.29 is 29.0 Å². The maximum absolute atomic E-state index is 14.3. The lowest BCUT2D eigenvalue weighted by Crippen LogP contribution is -2.52. The van der Waals surface area contributed by atoms with Crippen molar-refractivity contribution in [2.75, 3.05) is 11.9 Å². The van der Waals surface area contributed by atoms with Gasteiger partial charge in [0.2, 0.25) is 11.8 Å². The SMILES string of the molecule is CCCCCCCN(C(=O)C(CCC(N)=O)NC(=O)OC(C)(C)C)C(C(=O)Nc1c(C)cccc1Cl)c1cccc(O)c1. The molecule has 2 aromatic carbocycles. The average molecular weight is 617 g/mol. The van der Waals surface area contributed by atoms with Gasteiger partial charge in [0, 0.05) is 13.0 Å². The van der Waals surface area contributed by atoms with Crippen molar-refractivity contribution in [2.45, 2.75) is 97.2 Å². The Kier molecular flexibility index (Phi) is 13.8. The molecule has 0 heterocycles. The maximum Gasteiger partial charge on any atom is 0.408 e. The summed E-state index contributed by atoms with van der Waals surface area (Å²) in [5.41, 5.74) is 6.03. The molecule has 0 aliphatic rings. The number of carbonyl (C=O) groups is 4. The first-order valence-electron chi connectivity index (χ1n) is 14.7. The monoisotopic (exact) mass is 616 g/mol. The number of benzene rings is 2. The number of primary amides is 1. The van der Waals surface area contributed by atoms with Crippen molar-refractivity contribution in [2.24, 2.45) is 5.73 Å². The van der Waals surface area contributed by atoms with E-state index in [0.717, 1.165) is 31.2 Å². The summed E-state index contributed by atoms with van der Waals surface area (Å²) in [6, 6.07) is 8.89. The number of nitrogens with two attached hydrogens (primary N) is 1. The number of anilines is 1.